The number of nitrogens with zero attached hydrogens (tertiary/aromatic N) is 1. The van der Waals surface area contributed by atoms with Gasteiger partial charge in [-0.05, 0) is 84.7 Å². The van der Waals surface area contributed by atoms with Crippen LogP contribution in [0.15, 0.2) is 108 Å². The van der Waals surface area contributed by atoms with Crippen molar-refractivity contribution in [1.82, 2.24) is 0 Å². The van der Waals surface area contributed by atoms with Gasteiger partial charge in [0.2, 0.25) is 0 Å². The third-order valence-corrected chi connectivity index (χ3v) is 5.37. The van der Waals surface area contributed by atoms with Gasteiger partial charge in [-0.25, -0.2) is 0 Å². The smallest absolute Gasteiger partial charge is 0.143 e. The fraction of sp³-hybridized carbons (Fsp3) is 0.258. The van der Waals surface area contributed by atoms with Crippen LogP contribution < -0.4 is 4.90 Å². The van der Waals surface area contributed by atoms with Crippen molar-refractivity contribution in [1.29, 1.82) is 0 Å². The molecule has 0 aromatic heterocycles. The zero-order valence-electron chi connectivity index (χ0n) is 20.3. The van der Waals surface area contributed by atoms with Crippen molar-refractivity contribution in [2.75, 3.05) is 4.90 Å². The van der Waals surface area contributed by atoms with Crippen molar-refractivity contribution >= 4 is 23.7 Å². The molecule has 0 saturated carbocycles. The second-order valence-electron chi connectivity index (χ2n) is 9.71. The van der Waals surface area contributed by atoms with Gasteiger partial charge >= 0.3 is 0 Å². The highest BCUT2D eigenvalue weighted by molar-refractivity contribution is 5.71. The number of carbonyl (C=O) groups is 1. The first-order chi connectivity index (χ1) is 15.9. The third-order valence-electron chi connectivity index (χ3n) is 5.37. The van der Waals surface area contributed by atoms with Crippen LogP contribution in [-0.2, 0) is 4.79 Å². The molecule has 0 spiro atoms. The van der Waals surface area contributed by atoms with Gasteiger partial charge in [0.25, 0.3) is 0 Å². The molecule has 0 aliphatic heterocycles. The lowest BCUT2D eigenvalue weighted by molar-refractivity contribution is -0.104. The zero-order chi connectivity index (χ0) is 23.7. The van der Waals surface area contributed by atoms with Gasteiger partial charge in [0.05, 0.1) is 0 Å². The van der Waals surface area contributed by atoms with E-state index < -0.39 is 0 Å². The van der Waals surface area contributed by atoms with Crippen molar-refractivity contribution < 1.29 is 4.79 Å². The monoisotopic (exact) mass is 437 g/mol. The maximum atomic E-state index is 10.8. The van der Waals surface area contributed by atoms with Crippen LogP contribution >= 0.6 is 0 Å². The molecule has 170 valence electrons. The first-order valence-electron chi connectivity index (χ1n) is 11.7. The molecule has 0 heterocycles. The summed E-state index contributed by atoms with van der Waals surface area (Å²) >= 11 is 0. The number of para-hydroxylation sites is 1. The lowest BCUT2D eigenvalue weighted by Crippen LogP contribution is -2.16. The van der Waals surface area contributed by atoms with Crippen molar-refractivity contribution in [3.8, 4) is 0 Å². The van der Waals surface area contributed by atoms with E-state index in [0.717, 1.165) is 48.1 Å². The van der Waals surface area contributed by atoms with Crippen molar-refractivity contribution in [2.24, 2.45) is 5.41 Å². The summed E-state index contributed by atoms with van der Waals surface area (Å²) in [4.78, 5) is 13.1. The lowest BCUT2D eigenvalue weighted by atomic mass is 9.87. The molecule has 0 amide bonds. The third kappa shape index (κ3) is 7.61. The van der Waals surface area contributed by atoms with E-state index >= 15 is 0 Å². The molecule has 0 saturated heterocycles. The molecule has 2 aromatic carbocycles. The molecular formula is C31H35NO. The molecule has 3 rings (SSSR count). The predicted molar refractivity (Wildman–Crippen MR) is 142 cm³/mol. The number of benzene rings is 2. The molecule has 0 N–H and O–H groups in total. The summed E-state index contributed by atoms with van der Waals surface area (Å²) < 4.78 is 0. The second-order valence-corrected chi connectivity index (χ2v) is 9.71. The van der Waals surface area contributed by atoms with Gasteiger partial charge in [-0.3, -0.25) is 4.79 Å². The SMILES string of the molecule is CC(=C\C=O)/C=C(/C=C/c1ccc(N(C2=CCCC=C2)c2ccccc2)cc1)CC(C)(C)C. The van der Waals surface area contributed by atoms with Crippen LogP contribution in [0.4, 0.5) is 11.4 Å². The topological polar surface area (TPSA) is 20.3 Å². The number of aldehydes is 1. The Bertz CT molecular complexity index is 1070. The Morgan fingerprint density at radius 2 is 1.67 bits per heavy atom. The van der Waals surface area contributed by atoms with Crippen LogP contribution in [0, 0.1) is 5.41 Å². The number of allylic oxidation sites excluding steroid dienone is 8. The van der Waals surface area contributed by atoms with E-state index in [1.54, 1.807) is 6.08 Å². The summed E-state index contributed by atoms with van der Waals surface area (Å²) in [6, 6.07) is 19.2. The van der Waals surface area contributed by atoms with Crippen LogP contribution in [0.25, 0.3) is 6.08 Å². The Labute approximate surface area is 199 Å². The maximum Gasteiger partial charge on any atom is 0.143 e. The first-order valence-corrected chi connectivity index (χ1v) is 11.7. The maximum absolute atomic E-state index is 10.8. The molecule has 1 aliphatic carbocycles. The largest absolute Gasteiger partial charge is 0.311 e. The second kappa shape index (κ2) is 11.5. The summed E-state index contributed by atoms with van der Waals surface area (Å²) in [6.45, 7) is 8.66. The Balaban J connectivity index is 1.87. The minimum atomic E-state index is 0.166. The van der Waals surface area contributed by atoms with Crippen LogP contribution in [0.5, 0.6) is 0 Å². The number of anilines is 2. The van der Waals surface area contributed by atoms with E-state index in [2.05, 4.69) is 117 Å². The molecule has 0 unspecified atom stereocenters. The molecule has 33 heavy (non-hydrogen) atoms. The van der Waals surface area contributed by atoms with E-state index in [0.29, 0.717) is 0 Å². The Kier molecular flexibility index (Phi) is 8.43. The summed E-state index contributed by atoms with van der Waals surface area (Å²) in [6.07, 6.45) is 18.7. The molecule has 1 aliphatic rings. The molecular weight excluding hydrogens is 402 g/mol. The average molecular weight is 438 g/mol. The van der Waals surface area contributed by atoms with Crippen LogP contribution in [-0.4, -0.2) is 6.29 Å². The van der Waals surface area contributed by atoms with E-state index in [1.165, 1.54) is 11.3 Å². The summed E-state index contributed by atoms with van der Waals surface area (Å²) in [5.41, 5.74) is 7.01. The van der Waals surface area contributed by atoms with Gasteiger partial charge in [-0.15, -0.1) is 0 Å². The van der Waals surface area contributed by atoms with E-state index in [-0.39, 0.29) is 5.41 Å². The normalized spacial score (nSPS) is 15.0. The van der Waals surface area contributed by atoms with Crippen molar-refractivity contribution in [3.05, 3.63) is 113 Å². The van der Waals surface area contributed by atoms with Crippen LogP contribution in [0.1, 0.15) is 52.5 Å². The van der Waals surface area contributed by atoms with Gasteiger partial charge in [0.15, 0.2) is 0 Å². The summed E-state index contributed by atoms with van der Waals surface area (Å²) in [5, 5.41) is 0. The van der Waals surface area contributed by atoms with E-state index in [9.17, 15) is 4.79 Å². The Morgan fingerprint density at radius 1 is 0.970 bits per heavy atom. The highest BCUT2D eigenvalue weighted by Crippen LogP contribution is 2.32. The summed E-state index contributed by atoms with van der Waals surface area (Å²) in [7, 11) is 0. The number of rotatable bonds is 8. The highest BCUT2D eigenvalue weighted by Gasteiger charge is 2.14. The minimum absolute atomic E-state index is 0.166. The van der Waals surface area contributed by atoms with Crippen molar-refractivity contribution in [3.63, 3.8) is 0 Å². The number of hydrogen-bond acceptors (Lipinski definition) is 2. The summed E-state index contributed by atoms with van der Waals surface area (Å²) in [5.74, 6) is 0. The number of carbonyl (C=O) groups excluding carboxylic acids is 1. The zero-order valence-corrected chi connectivity index (χ0v) is 20.3. The molecule has 0 atom stereocenters. The molecule has 2 heteroatoms. The van der Waals surface area contributed by atoms with E-state index in [1.807, 2.05) is 6.92 Å². The fourth-order valence-electron chi connectivity index (χ4n) is 3.95. The van der Waals surface area contributed by atoms with Crippen molar-refractivity contribution in [2.45, 2.75) is 47.0 Å². The highest BCUT2D eigenvalue weighted by atomic mass is 16.1. The molecule has 0 fully saturated rings. The van der Waals surface area contributed by atoms with E-state index in [4.69, 9.17) is 0 Å². The van der Waals surface area contributed by atoms with Gasteiger partial charge in [0, 0.05) is 17.1 Å². The fourth-order valence-corrected chi connectivity index (χ4v) is 3.95. The Hall–Kier alpha value is -3.39. The Morgan fingerprint density at radius 3 is 2.27 bits per heavy atom. The average Bonchev–Trinajstić information content (AvgIpc) is 2.79. The minimum Gasteiger partial charge on any atom is -0.311 e. The predicted octanol–water partition coefficient (Wildman–Crippen LogP) is 8.58. The van der Waals surface area contributed by atoms with Gasteiger partial charge < -0.3 is 4.90 Å². The first kappa shape index (κ1) is 24.3. The van der Waals surface area contributed by atoms with Gasteiger partial charge in [0.1, 0.15) is 6.29 Å². The van der Waals surface area contributed by atoms with Crippen LogP contribution in [0.2, 0.25) is 0 Å². The van der Waals surface area contributed by atoms with Gasteiger partial charge in [-0.1, -0.05) is 81.5 Å². The molecule has 0 bridgehead atoms. The quantitative estimate of drug-likeness (QED) is 0.234. The lowest BCUT2D eigenvalue weighted by Gasteiger charge is -2.27. The standard InChI is InChI=1S/C31H35NO/c1-25(21-22-33)23-27(24-31(2,3)4)16-15-26-17-19-30(20-18-26)32(28-11-7-5-8-12-28)29-13-9-6-10-14-29/h5,7-9,11-23H,6,10,24H2,1-4H3/b16-15+,25-21+,27-23-. The number of hydrogen-bond donors (Lipinski definition) is 0. The molecule has 2 nitrogen and oxygen atoms in total. The molecule has 0 radical (unpaired) electrons. The molecule has 2 aromatic rings. The van der Waals surface area contributed by atoms with Gasteiger partial charge in [-0.2, -0.15) is 0 Å². The van der Waals surface area contributed by atoms with Crippen LogP contribution in [0.3, 0.4) is 0 Å².